The summed E-state index contributed by atoms with van der Waals surface area (Å²) in [6.45, 7) is 1.24. The highest BCUT2D eigenvalue weighted by molar-refractivity contribution is 5.93. The highest BCUT2D eigenvalue weighted by Gasteiger charge is 2.20. The summed E-state index contributed by atoms with van der Waals surface area (Å²) in [6, 6.07) is 25.1. The standard InChI is InChI=1S/C22H19NO5/c1-17(24)28-23(22(25)19-8-4-2-5-9-19)26-16-18-12-14-21(15-13-18)27-20-10-6-3-7-11-20/h2-15H,16H2,1H3. The van der Waals surface area contributed by atoms with Gasteiger partial charge in [-0.2, -0.15) is 0 Å². The summed E-state index contributed by atoms with van der Waals surface area (Å²) in [5.41, 5.74) is 1.12. The molecule has 3 rings (SSSR count). The summed E-state index contributed by atoms with van der Waals surface area (Å²) in [5.74, 6) is 0.184. The van der Waals surface area contributed by atoms with E-state index in [9.17, 15) is 9.59 Å². The molecule has 6 nitrogen and oxygen atoms in total. The van der Waals surface area contributed by atoms with Crippen LogP contribution in [-0.2, 0) is 21.1 Å². The molecule has 0 saturated heterocycles. The van der Waals surface area contributed by atoms with Crippen molar-refractivity contribution in [2.75, 3.05) is 0 Å². The van der Waals surface area contributed by atoms with Crippen molar-refractivity contribution in [3.63, 3.8) is 0 Å². The molecule has 0 aliphatic heterocycles. The van der Waals surface area contributed by atoms with Gasteiger partial charge in [0, 0.05) is 12.5 Å². The summed E-state index contributed by atoms with van der Waals surface area (Å²) < 4.78 is 5.73. The maximum absolute atomic E-state index is 12.5. The van der Waals surface area contributed by atoms with Crippen LogP contribution in [0.3, 0.4) is 0 Å². The molecule has 0 N–H and O–H groups in total. The van der Waals surface area contributed by atoms with Gasteiger partial charge in [-0.25, -0.2) is 9.63 Å². The van der Waals surface area contributed by atoms with Gasteiger partial charge in [-0.05, 0) is 47.2 Å². The number of benzene rings is 3. The molecular weight excluding hydrogens is 358 g/mol. The van der Waals surface area contributed by atoms with Crippen molar-refractivity contribution in [1.29, 1.82) is 0 Å². The molecule has 0 aromatic heterocycles. The molecular formula is C22H19NO5. The lowest BCUT2D eigenvalue weighted by atomic mass is 10.2. The van der Waals surface area contributed by atoms with Crippen molar-refractivity contribution < 1.29 is 24.0 Å². The molecule has 3 aromatic rings. The summed E-state index contributed by atoms with van der Waals surface area (Å²) in [7, 11) is 0. The van der Waals surface area contributed by atoms with Crippen LogP contribution in [0.1, 0.15) is 22.8 Å². The Labute approximate surface area is 162 Å². The van der Waals surface area contributed by atoms with Gasteiger partial charge in [0.05, 0.1) is 0 Å². The van der Waals surface area contributed by atoms with Crippen LogP contribution in [0.5, 0.6) is 11.5 Å². The molecule has 0 bridgehead atoms. The van der Waals surface area contributed by atoms with Crippen LogP contribution in [-0.4, -0.2) is 17.1 Å². The van der Waals surface area contributed by atoms with Gasteiger partial charge in [-0.1, -0.05) is 48.5 Å². The maximum Gasteiger partial charge on any atom is 0.332 e. The number of rotatable bonds is 6. The van der Waals surface area contributed by atoms with Crippen molar-refractivity contribution in [1.82, 2.24) is 5.23 Å². The predicted molar refractivity (Wildman–Crippen MR) is 102 cm³/mol. The fourth-order valence-electron chi connectivity index (χ4n) is 2.34. The molecule has 0 aliphatic rings. The second kappa shape index (κ2) is 9.34. The largest absolute Gasteiger partial charge is 0.457 e. The fraction of sp³-hybridized carbons (Fsp3) is 0.0909. The van der Waals surface area contributed by atoms with Crippen molar-refractivity contribution in [3.8, 4) is 11.5 Å². The highest BCUT2D eigenvalue weighted by Crippen LogP contribution is 2.21. The first-order valence-corrected chi connectivity index (χ1v) is 8.64. The first-order chi connectivity index (χ1) is 13.6. The van der Waals surface area contributed by atoms with Gasteiger partial charge < -0.3 is 9.57 Å². The van der Waals surface area contributed by atoms with Crippen LogP contribution in [0, 0.1) is 0 Å². The van der Waals surface area contributed by atoms with Crippen LogP contribution in [0.2, 0.25) is 0 Å². The molecule has 28 heavy (non-hydrogen) atoms. The van der Waals surface area contributed by atoms with E-state index < -0.39 is 11.9 Å². The number of hydrogen-bond donors (Lipinski definition) is 0. The lowest BCUT2D eigenvalue weighted by Crippen LogP contribution is -2.33. The molecule has 0 fully saturated rings. The lowest BCUT2D eigenvalue weighted by molar-refractivity contribution is -0.312. The number of carbonyl (C=O) groups excluding carboxylic acids is 2. The highest BCUT2D eigenvalue weighted by atomic mass is 17.0. The Kier molecular flexibility index (Phi) is 6.38. The van der Waals surface area contributed by atoms with Crippen molar-refractivity contribution in [2.24, 2.45) is 0 Å². The van der Waals surface area contributed by atoms with Gasteiger partial charge in [0.25, 0.3) is 0 Å². The minimum atomic E-state index is -0.657. The number of ether oxygens (including phenoxy) is 1. The minimum absolute atomic E-state index is 0.0392. The predicted octanol–water partition coefficient (Wildman–Crippen LogP) is 4.53. The Morgan fingerprint density at radius 2 is 1.36 bits per heavy atom. The normalized spacial score (nSPS) is 10.2. The molecule has 0 radical (unpaired) electrons. The van der Waals surface area contributed by atoms with Crippen molar-refractivity contribution in [3.05, 3.63) is 96.1 Å². The molecule has 0 unspecified atom stereocenters. The average molecular weight is 377 g/mol. The zero-order valence-corrected chi connectivity index (χ0v) is 15.3. The molecule has 0 spiro atoms. The van der Waals surface area contributed by atoms with Gasteiger partial charge >= 0.3 is 11.9 Å². The van der Waals surface area contributed by atoms with E-state index in [1.54, 1.807) is 54.6 Å². The van der Waals surface area contributed by atoms with E-state index in [-0.39, 0.29) is 6.61 Å². The van der Waals surface area contributed by atoms with Crippen molar-refractivity contribution >= 4 is 11.9 Å². The average Bonchev–Trinajstić information content (AvgIpc) is 2.73. The van der Waals surface area contributed by atoms with E-state index in [1.165, 1.54) is 6.92 Å². The third-order valence-corrected chi connectivity index (χ3v) is 3.65. The quantitative estimate of drug-likeness (QED) is 0.591. The smallest absolute Gasteiger partial charge is 0.332 e. The van der Waals surface area contributed by atoms with Gasteiger partial charge in [-0.3, -0.25) is 4.79 Å². The zero-order valence-electron chi connectivity index (χ0n) is 15.3. The van der Waals surface area contributed by atoms with Crippen molar-refractivity contribution in [2.45, 2.75) is 13.5 Å². The number of hydroxylamine groups is 2. The first-order valence-electron chi connectivity index (χ1n) is 8.64. The Morgan fingerprint density at radius 3 is 1.96 bits per heavy atom. The molecule has 6 heteroatoms. The summed E-state index contributed by atoms with van der Waals surface area (Å²) in [5, 5.41) is 0.603. The molecule has 0 heterocycles. The topological polar surface area (TPSA) is 65.1 Å². The fourth-order valence-corrected chi connectivity index (χ4v) is 2.34. The van der Waals surface area contributed by atoms with Gasteiger partial charge in [0.2, 0.25) is 0 Å². The maximum atomic E-state index is 12.5. The molecule has 142 valence electrons. The molecule has 0 atom stereocenters. The zero-order chi connectivity index (χ0) is 19.8. The van der Waals surface area contributed by atoms with E-state index in [0.29, 0.717) is 16.5 Å². The molecule has 3 aromatic carbocycles. The number of amides is 1. The van der Waals surface area contributed by atoms with E-state index in [0.717, 1.165) is 11.3 Å². The van der Waals surface area contributed by atoms with Crippen LogP contribution >= 0.6 is 0 Å². The lowest BCUT2D eigenvalue weighted by Gasteiger charge is -2.19. The molecule has 0 saturated carbocycles. The third-order valence-electron chi connectivity index (χ3n) is 3.65. The monoisotopic (exact) mass is 377 g/mol. The number of nitrogens with zero attached hydrogens (tertiary/aromatic N) is 1. The molecule has 0 aliphatic carbocycles. The SMILES string of the molecule is CC(=O)ON(OCc1ccc(Oc2ccccc2)cc1)C(=O)c1ccccc1. The van der Waals surface area contributed by atoms with Crippen LogP contribution in [0.15, 0.2) is 84.9 Å². The third kappa shape index (κ3) is 5.43. The second-order valence-electron chi connectivity index (χ2n) is 5.84. The number of para-hydroxylation sites is 1. The van der Waals surface area contributed by atoms with Crippen LogP contribution in [0.4, 0.5) is 0 Å². The van der Waals surface area contributed by atoms with E-state index in [1.807, 2.05) is 30.3 Å². The van der Waals surface area contributed by atoms with Gasteiger partial charge in [-0.15, -0.1) is 0 Å². The molecule has 1 amide bonds. The Balaban J connectivity index is 1.62. The Bertz CT molecular complexity index is 911. The Morgan fingerprint density at radius 1 is 0.786 bits per heavy atom. The van der Waals surface area contributed by atoms with E-state index in [4.69, 9.17) is 14.4 Å². The van der Waals surface area contributed by atoms with Gasteiger partial charge in [0.15, 0.2) is 0 Å². The summed E-state index contributed by atoms with van der Waals surface area (Å²) in [6.07, 6.45) is 0. The van der Waals surface area contributed by atoms with Gasteiger partial charge in [0.1, 0.15) is 18.1 Å². The first kappa shape index (κ1) is 19.1. The summed E-state index contributed by atoms with van der Waals surface area (Å²) >= 11 is 0. The van der Waals surface area contributed by atoms with E-state index >= 15 is 0 Å². The Hall–Kier alpha value is -3.64. The summed E-state index contributed by atoms with van der Waals surface area (Å²) in [4.78, 5) is 34.1. The van der Waals surface area contributed by atoms with Crippen LogP contribution < -0.4 is 4.74 Å². The number of hydrogen-bond acceptors (Lipinski definition) is 5. The second-order valence-corrected chi connectivity index (χ2v) is 5.84. The minimum Gasteiger partial charge on any atom is -0.457 e. The van der Waals surface area contributed by atoms with E-state index in [2.05, 4.69) is 0 Å². The van der Waals surface area contributed by atoms with Crippen LogP contribution in [0.25, 0.3) is 0 Å². The number of carbonyl (C=O) groups is 2.